The van der Waals surface area contributed by atoms with Crippen molar-refractivity contribution in [1.29, 1.82) is 0 Å². The summed E-state index contributed by atoms with van der Waals surface area (Å²) in [5, 5.41) is 0. The summed E-state index contributed by atoms with van der Waals surface area (Å²) in [6.45, 7) is 13.4. The Hall–Kier alpha value is -6.67. The number of Topliss-reactive ketones (excluding diaryl/α,β-unsaturated/α-hetero) is 3. The monoisotopic (exact) mass is 1520 g/mol. The fraction of sp³-hybridized carbons (Fsp3) is 0.710. The number of rotatable bonds is 13. The summed E-state index contributed by atoms with van der Waals surface area (Å²) in [7, 11) is 0. The molecule has 6 aromatic rings. The van der Waals surface area contributed by atoms with Crippen LogP contribution in [0.4, 0.5) is 17.5 Å². The SMILES string of the molecule is CC(=O)C1CCN1c1nc2ccccc2n(C2CC3CCCC(C2)N3C2CC3CC(C)CC(C3)C2)c1=O.CC(=O)C1CCN1c1nc2ccccc2n(C2CC3CCCC(C2)N3C2CC3CCCCC(C3)C2)c1=O.CCC1CC2CC(C1)CC(N1C3COCC1CC(n1c(=O)c(N4CCC4C(C)=O)nc4ccccc41)C3)C2. The highest BCUT2D eigenvalue weighted by Gasteiger charge is 2.52. The van der Waals surface area contributed by atoms with E-state index in [0.717, 1.165) is 177 Å². The highest BCUT2D eigenvalue weighted by Crippen LogP contribution is 2.53. The van der Waals surface area contributed by atoms with Crippen LogP contribution in [0.2, 0.25) is 0 Å². The van der Waals surface area contributed by atoms with Crippen LogP contribution >= 0.6 is 0 Å². The average molecular weight is 1520 g/mol. The van der Waals surface area contributed by atoms with E-state index in [1.807, 2.05) is 79.9 Å². The largest absolute Gasteiger partial charge is 0.378 e. The lowest BCUT2D eigenvalue weighted by Crippen LogP contribution is -2.62. The van der Waals surface area contributed by atoms with Crippen molar-refractivity contribution in [2.75, 3.05) is 47.5 Å². The molecule has 21 rings (SSSR count). The van der Waals surface area contributed by atoms with E-state index in [1.165, 1.54) is 154 Å². The molecule has 19 heteroatoms. The minimum Gasteiger partial charge on any atom is -0.378 e. The lowest BCUT2D eigenvalue weighted by atomic mass is 9.65. The second-order valence-corrected chi connectivity index (χ2v) is 39.0. The van der Waals surface area contributed by atoms with Crippen molar-refractivity contribution in [1.82, 2.24) is 43.4 Å². The maximum absolute atomic E-state index is 14.1. The zero-order valence-corrected chi connectivity index (χ0v) is 67.8. The van der Waals surface area contributed by atoms with Crippen LogP contribution in [0.3, 0.4) is 0 Å². The van der Waals surface area contributed by atoms with E-state index in [1.54, 1.807) is 20.8 Å². The Bertz CT molecular complexity index is 4600. The standard InChI is InChI=1S/C31H42N4O3.2C31H42N4O2/c1-3-20-10-21-12-22(11-20)14-23(13-21)34-25-15-24(16-26(34)18-38-17-25)35-29-7-5-4-6-27(29)32-30(31(35)37)33-9-8-28(33)19(2)36;1-19-12-21-14-22(13-19)16-25(15-21)34-23-6-5-7-24(34)18-26(17-23)35-29-9-4-3-8-27(29)32-30(31(35)37)33-11-10-28(33)20(2)36;1-20(36)28-13-14-33(28)30-31(37)35(29-12-5-4-11-27(29)32-30)26-18-23-9-6-10-24(19-26)34(23)25-16-21-7-2-3-8-22(15-21)17-25/h4-7,20-26,28H,3,8-18H2,1-2H3;3-4,8-9,19,21-26,28H,5-7,10-18H2,1-2H3;4-5,11-12,21-26,28H,2-3,6-10,13-19H2,1H3. The molecular formula is C93H126N12O7. The van der Waals surface area contributed by atoms with Gasteiger partial charge in [0, 0.05) is 92.1 Å². The number of ketones is 3. The van der Waals surface area contributed by atoms with E-state index in [0.29, 0.717) is 66.3 Å². The number of anilines is 3. The molecule has 0 spiro atoms. The van der Waals surface area contributed by atoms with Gasteiger partial charge in [-0.3, -0.25) is 43.5 Å². The molecule has 15 aliphatic rings. The van der Waals surface area contributed by atoms with Gasteiger partial charge < -0.3 is 33.1 Å². The van der Waals surface area contributed by atoms with Gasteiger partial charge in [0.25, 0.3) is 16.7 Å². The second kappa shape index (κ2) is 31.4. The number of carbonyl (C=O) groups excluding carboxylic acids is 3. The van der Waals surface area contributed by atoms with Crippen LogP contribution < -0.4 is 31.4 Å². The van der Waals surface area contributed by atoms with Crippen molar-refractivity contribution < 1.29 is 19.1 Å². The summed E-state index contributed by atoms with van der Waals surface area (Å²) >= 11 is 0. The van der Waals surface area contributed by atoms with Crippen molar-refractivity contribution in [3.05, 3.63) is 104 Å². The molecule has 12 bridgehead atoms. The van der Waals surface area contributed by atoms with Crippen molar-refractivity contribution >= 4 is 67.9 Å². The van der Waals surface area contributed by atoms with Gasteiger partial charge in [-0.1, -0.05) is 95.2 Å². The highest BCUT2D eigenvalue weighted by atomic mass is 16.5. The number of fused-ring (bicyclic) bond motifs is 15. The predicted octanol–water partition coefficient (Wildman–Crippen LogP) is 15.4. The number of para-hydroxylation sites is 6. The Labute approximate surface area is 662 Å². The van der Waals surface area contributed by atoms with E-state index in [4.69, 9.17) is 19.7 Å². The molecule has 0 N–H and O–H groups in total. The van der Waals surface area contributed by atoms with Crippen LogP contribution in [0.25, 0.3) is 33.1 Å². The number of aromatic nitrogens is 6. The summed E-state index contributed by atoms with van der Waals surface area (Å²) in [4.78, 5) is 108. The van der Waals surface area contributed by atoms with E-state index in [9.17, 15) is 28.8 Å². The zero-order valence-electron chi connectivity index (χ0n) is 67.8. The molecule has 6 saturated carbocycles. The van der Waals surface area contributed by atoms with Gasteiger partial charge in [0.1, 0.15) is 0 Å². The summed E-state index contributed by atoms with van der Waals surface area (Å²) in [6, 6.07) is 29.4. The Morgan fingerprint density at radius 1 is 0.348 bits per heavy atom. The first-order valence-corrected chi connectivity index (χ1v) is 45.3. The third-order valence-corrected chi connectivity index (χ3v) is 32.0. The minimum absolute atomic E-state index is 0.00218. The zero-order chi connectivity index (χ0) is 76.3. The maximum Gasteiger partial charge on any atom is 0.294 e. The van der Waals surface area contributed by atoms with Gasteiger partial charge in [-0.2, -0.15) is 0 Å². The summed E-state index contributed by atoms with van der Waals surface area (Å²) in [6.07, 6.45) is 41.7. The number of nitrogens with zero attached hydrogens (tertiary/aromatic N) is 12. The van der Waals surface area contributed by atoms with Gasteiger partial charge in [0.15, 0.2) is 34.8 Å². The Morgan fingerprint density at radius 3 is 0.991 bits per heavy atom. The van der Waals surface area contributed by atoms with Crippen molar-refractivity contribution in [3.63, 3.8) is 0 Å². The molecule has 15 atom stereocenters. The highest BCUT2D eigenvalue weighted by molar-refractivity contribution is 5.89. The molecule has 9 saturated heterocycles. The average Bonchev–Trinajstić information content (AvgIpc) is 0.763. The lowest BCUT2D eigenvalue weighted by molar-refractivity contribution is -0.120. The molecule has 15 unspecified atom stereocenters. The van der Waals surface area contributed by atoms with Crippen LogP contribution in [0.1, 0.15) is 265 Å². The molecule has 15 fully saturated rings. The first kappa shape index (κ1) is 75.4. The number of hydrogen-bond acceptors (Lipinski definition) is 16. The number of benzene rings is 3. The predicted molar refractivity (Wildman–Crippen MR) is 443 cm³/mol. The van der Waals surface area contributed by atoms with Crippen LogP contribution in [-0.2, 0) is 19.1 Å². The van der Waals surface area contributed by atoms with Crippen LogP contribution in [0.5, 0.6) is 0 Å². The topological polar surface area (TPSA) is 185 Å². The minimum atomic E-state index is -0.225. The van der Waals surface area contributed by atoms with E-state index in [-0.39, 0.29) is 70.3 Å². The first-order chi connectivity index (χ1) is 54.5. The molecule has 9 aliphatic heterocycles. The van der Waals surface area contributed by atoms with Gasteiger partial charge in [-0.05, 0) is 271 Å². The Balaban J connectivity index is 0.000000113. The molecular weight excluding hydrogens is 1400 g/mol. The number of carbonyl (C=O) groups is 3. The van der Waals surface area contributed by atoms with Crippen LogP contribution in [0.15, 0.2) is 87.2 Å². The fourth-order valence-electron chi connectivity index (χ4n) is 27.4. The van der Waals surface area contributed by atoms with E-state index < -0.39 is 0 Å². The van der Waals surface area contributed by atoms with Crippen molar-refractivity contribution in [2.24, 2.45) is 47.3 Å². The van der Waals surface area contributed by atoms with Gasteiger partial charge in [-0.15, -0.1) is 0 Å². The number of hydrogen-bond donors (Lipinski definition) is 0. The third kappa shape index (κ3) is 14.2. The molecule has 112 heavy (non-hydrogen) atoms. The van der Waals surface area contributed by atoms with Gasteiger partial charge in [0.2, 0.25) is 0 Å². The fourth-order valence-corrected chi connectivity index (χ4v) is 27.4. The Kier molecular flexibility index (Phi) is 21.1. The van der Waals surface area contributed by atoms with Crippen LogP contribution in [0, 0.1) is 47.3 Å². The molecule has 0 amide bonds. The third-order valence-electron chi connectivity index (χ3n) is 32.0. The van der Waals surface area contributed by atoms with Crippen molar-refractivity contribution in [3.8, 4) is 0 Å². The number of morpholine rings is 1. The normalized spacial score (nSPS) is 37.0. The Morgan fingerprint density at radius 2 is 0.661 bits per heavy atom. The second-order valence-electron chi connectivity index (χ2n) is 39.0. The number of piperidine rings is 5. The molecule has 600 valence electrons. The van der Waals surface area contributed by atoms with Gasteiger partial charge in [-0.25, -0.2) is 15.0 Å². The summed E-state index contributed by atoms with van der Waals surface area (Å²) < 4.78 is 12.4. The quantitative estimate of drug-likeness (QED) is 0.106. The van der Waals surface area contributed by atoms with Crippen LogP contribution in [-0.4, -0.2) is 166 Å². The van der Waals surface area contributed by atoms with Gasteiger partial charge >= 0.3 is 0 Å². The molecule has 3 aromatic heterocycles. The van der Waals surface area contributed by atoms with Gasteiger partial charge in [0.05, 0.1) is 64.4 Å². The van der Waals surface area contributed by atoms with E-state index >= 15 is 0 Å². The number of ether oxygens (including phenoxy) is 1. The lowest BCUT2D eigenvalue weighted by Gasteiger charge is -2.56. The summed E-state index contributed by atoms with van der Waals surface area (Å²) in [5.74, 6) is 9.10. The first-order valence-electron chi connectivity index (χ1n) is 45.3. The molecule has 19 nitrogen and oxygen atoms in total. The smallest absolute Gasteiger partial charge is 0.294 e. The maximum atomic E-state index is 14.1. The van der Waals surface area contributed by atoms with Crippen molar-refractivity contribution in [2.45, 2.75) is 337 Å². The summed E-state index contributed by atoms with van der Waals surface area (Å²) in [5.41, 5.74) is 5.37. The molecule has 12 heterocycles. The molecule has 0 radical (unpaired) electrons. The molecule has 6 aliphatic carbocycles. The molecule has 3 aromatic carbocycles. The van der Waals surface area contributed by atoms with E-state index in [2.05, 4.69) is 49.8 Å².